The van der Waals surface area contributed by atoms with E-state index in [0.29, 0.717) is 29.4 Å². The number of carbonyl (C=O) groups excluding carboxylic acids is 1. The van der Waals surface area contributed by atoms with Crippen molar-refractivity contribution in [2.75, 3.05) is 20.8 Å². The van der Waals surface area contributed by atoms with E-state index in [4.69, 9.17) is 18.9 Å². The van der Waals surface area contributed by atoms with Crippen LogP contribution in [0.15, 0.2) is 12.1 Å². The Bertz CT molecular complexity index is 446. The SMILES string of the molecule is COc1cc(C=O)cc(OC)c1OCC1CCC(C)O1. The Morgan fingerprint density at radius 1 is 1.25 bits per heavy atom. The predicted octanol–water partition coefficient (Wildman–Crippen LogP) is 2.46. The first-order chi connectivity index (χ1) is 9.67. The van der Waals surface area contributed by atoms with E-state index in [1.807, 2.05) is 0 Å². The van der Waals surface area contributed by atoms with Gasteiger partial charge in [-0.2, -0.15) is 0 Å². The number of rotatable bonds is 6. The van der Waals surface area contributed by atoms with Crippen LogP contribution in [0.1, 0.15) is 30.1 Å². The second kappa shape index (κ2) is 6.61. The zero-order chi connectivity index (χ0) is 14.5. The third-order valence-corrected chi connectivity index (χ3v) is 3.35. The highest BCUT2D eigenvalue weighted by Crippen LogP contribution is 2.38. The van der Waals surface area contributed by atoms with Crippen LogP contribution in [0, 0.1) is 0 Å². The maximum atomic E-state index is 10.9. The molecule has 5 heteroatoms. The minimum atomic E-state index is 0.0881. The Morgan fingerprint density at radius 3 is 2.35 bits per heavy atom. The number of ether oxygens (including phenoxy) is 4. The summed E-state index contributed by atoms with van der Waals surface area (Å²) in [6, 6.07) is 3.26. The van der Waals surface area contributed by atoms with Gasteiger partial charge in [-0.3, -0.25) is 4.79 Å². The van der Waals surface area contributed by atoms with Crippen LogP contribution in [0.2, 0.25) is 0 Å². The summed E-state index contributed by atoms with van der Waals surface area (Å²) < 4.78 is 22.0. The maximum absolute atomic E-state index is 10.9. The van der Waals surface area contributed by atoms with Gasteiger partial charge in [-0.25, -0.2) is 0 Å². The number of benzene rings is 1. The lowest BCUT2D eigenvalue weighted by molar-refractivity contribution is 0.0253. The number of carbonyl (C=O) groups is 1. The molecule has 5 nitrogen and oxygen atoms in total. The second-order valence-corrected chi connectivity index (χ2v) is 4.83. The standard InChI is InChI=1S/C15H20O5/c1-10-4-5-12(20-10)9-19-15-13(17-2)6-11(8-16)7-14(15)18-3/h6-8,10,12H,4-5,9H2,1-3H3. The predicted molar refractivity (Wildman–Crippen MR) is 74.0 cm³/mol. The molecule has 1 aliphatic rings. The van der Waals surface area contributed by atoms with Gasteiger partial charge in [0, 0.05) is 5.56 Å². The molecule has 1 aliphatic heterocycles. The molecule has 0 bridgehead atoms. The third-order valence-electron chi connectivity index (χ3n) is 3.35. The Kier molecular flexibility index (Phi) is 4.84. The molecule has 2 unspecified atom stereocenters. The van der Waals surface area contributed by atoms with E-state index in [1.54, 1.807) is 12.1 Å². The van der Waals surface area contributed by atoms with Gasteiger partial charge < -0.3 is 18.9 Å². The Labute approximate surface area is 118 Å². The number of aldehydes is 1. The molecule has 1 aromatic carbocycles. The quantitative estimate of drug-likeness (QED) is 0.749. The lowest BCUT2D eigenvalue weighted by atomic mass is 10.2. The average Bonchev–Trinajstić information content (AvgIpc) is 2.89. The summed E-state index contributed by atoms with van der Waals surface area (Å²) in [6.07, 6.45) is 3.15. The normalized spacial score (nSPS) is 21.6. The highest BCUT2D eigenvalue weighted by molar-refractivity contribution is 5.78. The fourth-order valence-electron chi connectivity index (χ4n) is 2.29. The van der Waals surface area contributed by atoms with Crippen molar-refractivity contribution < 1.29 is 23.7 Å². The fraction of sp³-hybridized carbons (Fsp3) is 0.533. The van der Waals surface area contributed by atoms with Crippen molar-refractivity contribution in [1.29, 1.82) is 0 Å². The first-order valence-corrected chi connectivity index (χ1v) is 6.67. The van der Waals surface area contributed by atoms with Crippen LogP contribution in [-0.2, 0) is 4.74 Å². The van der Waals surface area contributed by atoms with Crippen LogP contribution in [-0.4, -0.2) is 39.3 Å². The minimum absolute atomic E-state index is 0.0881. The van der Waals surface area contributed by atoms with E-state index in [1.165, 1.54) is 14.2 Å². The lowest BCUT2D eigenvalue weighted by Gasteiger charge is -2.17. The number of methoxy groups -OCH3 is 2. The summed E-state index contributed by atoms with van der Waals surface area (Å²) in [4.78, 5) is 10.9. The number of hydrogen-bond donors (Lipinski definition) is 0. The van der Waals surface area contributed by atoms with Crippen LogP contribution in [0.3, 0.4) is 0 Å². The topological polar surface area (TPSA) is 54.0 Å². The van der Waals surface area contributed by atoms with Gasteiger partial charge in [0.05, 0.1) is 26.4 Å². The van der Waals surface area contributed by atoms with Gasteiger partial charge in [0.25, 0.3) is 0 Å². The van der Waals surface area contributed by atoms with E-state index in [9.17, 15) is 4.79 Å². The van der Waals surface area contributed by atoms with Gasteiger partial charge >= 0.3 is 0 Å². The summed E-state index contributed by atoms with van der Waals surface area (Å²) in [6.45, 7) is 2.50. The monoisotopic (exact) mass is 280 g/mol. The van der Waals surface area contributed by atoms with Gasteiger partial charge in [-0.15, -0.1) is 0 Å². The highest BCUT2D eigenvalue weighted by atomic mass is 16.6. The van der Waals surface area contributed by atoms with Gasteiger partial charge in [0.1, 0.15) is 12.9 Å². The first-order valence-electron chi connectivity index (χ1n) is 6.67. The highest BCUT2D eigenvalue weighted by Gasteiger charge is 2.23. The van der Waals surface area contributed by atoms with Gasteiger partial charge in [-0.05, 0) is 31.9 Å². The molecule has 0 N–H and O–H groups in total. The summed E-state index contributed by atoms with van der Waals surface area (Å²) in [5.41, 5.74) is 0.483. The van der Waals surface area contributed by atoms with Crippen LogP contribution >= 0.6 is 0 Å². The molecule has 0 aliphatic carbocycles. The molecule has 20 heavy (non-hydrogen) atoms. The Hall–Kier alpha value is -1.75. The molecule has 1 heterocycles. The van der Waals surface area contributed by atoms with Gasteiger partial charge in [0.2, 0.25) is 5.75 Å². The van der Waals surface area contributed by atoms with Crippen LogP contribution in [0.4, 0.5) is 0 Å². The molecule has 1 saturated heterocycles. The molecular weight excluding hydrogens is 260 g/mol. The summed E-state index contributed by atoms with van der Waals surface area (Å²) in [5.74, 6) is 1.47. The van der Waals surface area contributed by atoms with Crippen molar-refractivity contribution in [2.24, 2.45) is 0 Å². The molecular formula is C15H20O5. The molecule has 110 valence electrons. The van der Waals surface area contributed by atoms with Crippen molar-refractivity contribution in [3.63, 3.8) is 0 Å². The van der Waals surface area contributed by atoms with E-state index in [0.717, 1.165) is 19.1 Å². The van der Waals surface area contributed by atoms with Crippen molar-refractivity contribution >= 4 is 6.29 Å². The Morgan fingerprint density at radius 2 is 1.90 bits per heavy atom. The van der Waals surface area contributed by atoms with Gasteiger partial charge in [0.15, 0.2) is 11.5 Å². The van der Waals surface area contributed by atoms with Gasteiger partial charge in [-0.1, -0.05) is 0 Å². The lowest BCUT2D eigenvalue weighted by Crippen LogP contribution is -2.18. The molecule has 0 aromatic heterocycles. The maximum Gasteiger partial charge on any atom is 0.203 e. The third kappa shape index (κ3) is 3.22. The van der Waals surface area contributed by atoms with Crippen molar-refractivity contribution in [3.8, 4) is 17.2 Å². The van der Waals surface area contributed by atoms with E-state index >= 15 is 0 Å². The molecule has 0 spiro atoms. The largest absolute Gasteiger partial charge is 0.493 e. The molecule has 0 saturated carbocycles. The summed E-state index contributed by atoms with van der Waals surface area (Å²) in [5, 5.41) is 0. The summed E-state index contributed by atoms with van der Waals surface area (Å²) >= 11 is 0. The summed E-state index contributed by atoms with van der Waals surface area (Å²) in [7, 11) is 3.06. The zero-order valence-electron chi connectivity index (χ0n) is 12.0. The molecule has 1 fully saturated rings. The molecule has 2 rings (SSSR count). The first kappa shape index (κ1) is 14.7. The van der Waals surface area contributed by atoms with Crippen LogP contribution in [0.5, 0.6) is 17.2 Å². The molecule has 1 aromatic rings. The second-order valence-electron chi connectivity index (χ2n) is 4.83. The zero-order valence-corrected chi connectivity index (χ0v) is 12.0. The van der Waals surface area contributed by atoms with E-state index < -0.39 is 0 Å². The van der Waals surface area contributed by atoms with E-state index in [2.05, 4.69) is 6.92 Å². The molecule has 2 atom stereocenters. The smallest absolute Gasteiger partial charge is 0.203 e. The minimum Gasteiger partial charge on any atom is -0.493 e. The van der Waals surface area contributed by atoms with Crippen molar-refractivity contribution in [1.82, 2.24) is 0 Å². The molecule has 0 amide bonds. The molecule has 0 radical (unpaired) electrons. The fourth-order valence-corrected chi connectivity index (χ4v) is 2.29. The van der Waals surface area contributed by atoms with E-state index in [-0.39, 0.29) is 12.2 Å². The van der Waals surface area contributed by atoms with Crippen molar-refractivity contribution in [3.05, 3.63) is 17.7 Å². The Balaban J connectivity index is 2.14. The number of hydrogen-bond acceptors (Lipinski definition) is 5. The van der Waals surface area contributed by atoms with Crippen LogP contribution < -0.4 is 14.2 Å². The van der Waals surface area contributed by atoms with Crippen molar-refractivity contribution in [2.45, 2.75) is 32.0 Å². The van der Waals surface area contributed by atoms with Crippen LogP contribution in [0.25, 0.3) is 0 Å². The average molecular weight is 280 g/mol.